The fourth-order valence-electron chi connectivity index (χ4n) is 4.45. The molecule has 1 amide bonds. The predicted molar refractivity (Wildman–Crippen MR) is 125 cm³/mol. The minimum absolute atomic E-state index is 0.0263. The summed E-state index contributed by atoms with van der Waals surface area (Å²) in [6.45, 7) is 9.30. The summed E-state index contributed by atoms with van der Waals surface area (Å²) >= 11 is 5.12. The number of phenols is 1. The van der Waals surface area contributed by atoms with E-state index in [2.05, 4.69) is 47.3 Å². The van der Waals surface area contributed by atoms with Crippen LogP contribution in [0, 0.1) is 11.3 Å². The Bertz CT molecular complexity index is 985. The van der Waals surface area contributed by atoms with Crippen molar-refractivity contribution < 1.29 is 14.6 Å². The van der Waals surface area contributed by atoms with Crippen molar-refractivity contribution in [3.63, 3.8) is 0 Å². The van der Waals surface area contributed by atoms with Gasteiger partial charge in [0.1, 0.15) is 11.2 Å². The Morgan fingerprint density at radius 1 is 1.30 bits per heavy atom. The van der Waals surface area contributed by atoms with Gasteiger partial charge in [-0.05, 0) is 76.7 Å². The summed E-state index contributed by atoms with van der Waals surface area (Å²) in [5.41, 5.74) is 3.19. The molecule has 1 aliphatic heterocycles. The van der Waals surface area contributed by atoms with Gasteiger partial charge < -0.3 is 20.5 Å². The SMILES string of the molecule is CCOc1cc(C2NC(=O)c3c(sc4c3CCC(C(C)(C)CC)C4)N2)cc(Br)c1O. The predicted octanol–water partition coefficient (Wildman–Crippen LogP) is 6.01. The van der Waals surface area contributed by atoms with Gasteiger partial charge in [0.05, 0.1) is 16.6 Å². The lowest BCUT2D eigenvalue weighted by Crippen LogP contribution is -2.38. The highest BCUT2D eigenvalue weighted by atomic mass is 79.9. The van der Waals surface area contributed by atoms with E-state index in [1.54, 1.807) is 17.4 Å². The monoisotopic (exact) mass is 492 g/mol. The van der Waals surface area contributed by atoms with E-state index >= 15 is 0 Å². The molecule has 30 heavy (non-hydrogen) atoms. The first-order valence-corrected chi connectivity index (χ1v) is 12.2. The summed E-state index contributed by atoms with van der Waals surface area (Å²) in [4.78, 5) is 14.4. The topological polar surface area (TPSA) is 70.6 Å². The first-order chi connectivity index (χ1) is 14.2. The lowest BCUT2D eigenvalue weighted by atomic mass is 9.69. The summed E-state index contributed by atoms with van der Waals surface area (Å²) in [5.74, 6) is 1.09. The summed E-state index contributed by atoms with van der Waals surface area (Å²) in [6, 6.07) is 3.59. The van der Waals surface area contributed by atoms with Crippen molar-refractivity contribution in [2.24, 2.45) is 11.3 Å². The molecular weight excluding hydrogens is 464 g/mol. The molecule has 0 saturated carbocycles. The minimum atomic E-state index is -0.371. The van der Waals surface area contributed by atoms with Gasteiger partial charge in [0.2, 0.25) is 0 Å². The van der Waals surface area contributed by atoms with E-state index in [4.69, 9.17) is 4.74 Å². The van der Waals surface area contributed by atoms with Crippen LogP contribution in [0.5, 0.6) is 11.5 Å². The van der Waals surface area contributed by atoms with Crippen molar-refractivity contribution in [2.45, 2.75) is 59.5 Å². The third-order valence-electron chi connectivity index (χ3n) is 6.74. The molecule has 1 aliphatic carbocycles. The molecule has 0 bridgehead atoms. The molecule has 4 rings (SSSR count). The van der Waals surface area contributed by atoms with Crippen molar-refractivity contribution in [1.82, 2.24) is 5.32 Å². The van der Waals surface area contributed by atoms with E-state index in [1.807, 2.05) is 13.0 Å². The van der Waals surface area contributed by atoms with Crippen LogP contribution in [-0.2, 0) is 12.8 Å². The van der Waals surface area contributed by atoms with Crippen LogP contribution in [-0.4, -0.2) is 17.6 Å². The van der Waals surface area contributed by atoms with Crippen LogP contribution in [0.2, 0.25) is 0 Å². The number of hydrogen-bond donors (Lipinski definition) is 3. The maximum Gasteiger partial charge on any atom is 0.256 e. The number of carbonyl (C=O) groups is 1. The maximum absolute atomic E-state index is 13.1. The number of nitrogens with one attached hydrogen (secondary N) is 2. The van der Waals surface area contributed by atoms with Crippen molar-refractivity contribution in [1.29, 1.82) is 0 Å². The number of aromatic hydroxyl groups is 1. The number of amides is 1. The fraction of sp³-hybridized carbons (Fsp3) is 0.522. The van der Waals surface area contributed by atoms with E-state index in [-0.39, 0.29) is 17.8 Å². The normalized spacial score (nSPS) is 20.8. The molecular formula is C23H29BrN2O3S. The van der Waals surface area contributed by atoms with Crippen LogP contribution in [0.4, 0.5) is 5.00 Å². The number of rotatable bonds is 5. The molecule has 7 heteroatoms. The number of carbonyl (C=O) groups excluding carboxylic acids is 1. The van der Waals surface area contributed by atoms with Gasteiger partial charge in [-0.15, -0.1) is 11.3 Å². The maximum atomic E-state index is 13.1. The zero-order valence-corrected chi connectivity index (χ0v) is 20.3. The quantitative estimate of drug-likeness (QED) is 0.477. The molecule has 3 N–H and O–H groups in total. The van der Waals surface area contributed by atoms with Gasteiger partial charge in [0.25, 0.3) is 5.91 Å². The molecule has 2 atom stereocenters. The number of halogens is 1. The summed E-state index contributed by atoms with van der Waals surface area (Å²) in [7, 11) is 0. The molecule has 0 saturated heterocycles. The van der Waals surface area contributed by atoms with Crippen molar-refractivity contribution >= 4 is 38.2 Å². The van der Waals surface area contributed by atoms with Crippen LogP contribution in [0.15, 0.2) is 16.6 Å². The van der Waals surface area contributed by atoms with Gasteiger partial charge >= 0.3 is 0 Å². The summed E-state index contributed by atoms with van der Waals surface area (Å²) < 4.78 is 6.09. The number of ether oxygens (including phenoxy) is 1. The molecule has 2 heterocycles. The molecule has 2 aliphatic rings. The molecule has 1 aromatic carbocycles. The summed E-state index contributed by atoms with van der Waals surface area (Å²) in [6.07, 6.45) is 3.94. The van der Waals surface area contributed by atoms with Gasteiger partial charge in [-0.25, -0.2) is 0 Å². The van der Waals surface area contributed by atoms with E-state index in [0.717, 1.165) is 41.8 Å². The molecule has 2 unspecified atom stereocenters. The number of hydrogen-bond acceptors (Lipinski definition) is 5. The Hall–Kier alpha value is -1.73. The van der Waals surface area contributed by atoms with Crippen LogP contribution in [0.3, 0.4) is 0 Å². The first kappa shape index (κ1) is 21.5. The van der Waals surface area contributed by atoms with E-state index in [9.17, 15) is 9.90 Å². The minimum Gasteiger partial charge on any atom is -0.503 e. The van der Waals surface area contributed by atoms with Gasteiger partial charge in [0.15, 0.2) is 11.5 Å². The van der Waals surface area contributed by atoms with Gasteiger partial charge in [0, 0.05) is 4.88 Å². The zero-order valence-electron chi connectivity index (χ0n) is 17.9. The molecule has 162 valence electrons. The smallest absolute Gasteiger partial charge is 0.256 e. The zero-order chi connectivity index (χ0) is 21.6. The largest absolute Gasteiger partial charge is 0.503 e. The number of benzene rings is 1. The average molecular weight is 493 g/mol. The fourth-order valence-corrected chi connectivity index (χ4v) is 6.26. The molecule has 0 radical (unpaired) electrons. The van der Waals surface area contributed by atoms with Crippen LogP contribution in [0.25, 0.3) is 0 Å². The molecule has 2 aromatic rings. The summed E-state index contributed by atoms with van der Waals surface area (Å²) in [5, 5.41) is 17.8. The van der Waals surface area contributed by atoms with Gasteiger partial charge in [-0.2, -0.15) is 0 Å². The van der Waals surface area contributed by atoms with Crippen LogP contribution >= 0.6 is 27.3 Å². The lowest BCUT2D eigenvalue weighted by molar-refractivity contribution is 0.0934. The Morgan fingerprint density at radius 2 is 2.07 bits per heavy atom. The first-order valence-electron chi connectivity index (χ1n) is 10.6. The highest BCUT2D eigenvalue weighted by Gasteiger charge is 2.37. The Balaban J connectivity index is 1.64. The molecule has 1 aromatic heterocycles. The second kappa shape index (κ2) is 8.08. The highest BCUT2D eigenvalue weighted by molar-refractivity contribution is 9.10. The van der Waals surface area contributed by atoms with Gasteiger partial charge in [-0.1, -0.05) is 27.2 Å². The van der Waals surface area contributed by atoms with E-state index in [0.29, 0.717) is 28.2 Å². The lowest BCUT2D eigenvalue weighted by Gasteiger charge is -2.36. The van der Waals surface area contributed by atoms with E-state index < -0.39 is 0 Å². The number of fused-ring (bicyclic) bond motifs is 3. The average Bonchev–Trinajstić information content (AvgIpc) is 3.09. The third-order valence-corrected chi connectivity index (χ3v) is 8.53. The second-order valence-electron chi connectivity index (χ2n) is 8.82. The second-order valence-corrected chi connectivity index (χ2v) is 10.8. The standard InChI is InChI=1S/C23H29BrN2O3S/c1-5-23(3,4)13-7-8-14-17(11-13)30-22-18(14)21(28)25-20(26-22)12-9-15(24)19(27)16(10-12)29-6-2/h9-10,13,20,26-27H,5-8,11H2,1-4H3,(H,25,28). The molecule has 0 fully saturated rings. The van der Waals surface area contributed by atoms with Crippen molar-refractivity contribution in [2.75, 3.05) is 11.9 Å². The molecule has 5 nitrogen and oxygen atoms in total. The highest BCUT2D eigenvalue weighted by Crippen LogP contribution is 2.47. The van der Waals surface area contributed by atoms with Crippen LogP contribution < -0.4 is 15.4 Å². The van der Waals surface area contributed by atoms with Crippen LogP contribution in [0.1, 0.15) is 73.1 Å². The Kier molecular flexibility index (Phi) is 5.79. The number of phenolic OH excluding ortho intramolecular Hbond substituents is 1. The van der Waals surface area contributed by atoms with Crippen molar-refractivity contribution in [3.05, 3.63) is 38.2 Å². The Morgan fingerprint density at radius 3 is 2.77 bits per heavy atom. The number of thiophene rings is 1. The van der Waals surface area contributed by atoms with E-state index in [1.165, 1.54) is 10.4 Å². The Labute approximate surface area is 190 Å². The third kappa shape index (κ3) is 3.71. The number of anilines is 1. The molecule has 0 spiro atoms. The van der Waals surface area contributed by atoms with Gasteiger partial charge in [-0.3, -0.25) is 4.79 Å². The van der Waals surface area contributed by atoms with Crippen molar-refractivity contribution in [3.8, 4) is 11.5 Å².